The highest BCUT2D eigenvalue weighted by Gasteiger charge is 2.28. The second-order valence-electron chi connectivity index (χ2n) is 5.42. The smallest absolute Gasteiger partial charge is 0.178 e. The summed E-state index contributed by atoms with van der Waals surface area (Å²) >= 11 is 5.87. The topological polar surface area (TPSA) is 46.2 Å². The Kier molecular flexibility index (Phi) is 5.47. The predicted octanol–water partition coefficient (Wildman–Crippen LogP) is 3.28. The summed E-state index contributed by atoms with van der Waals surface area (Å²) in [6.07, 6.45) is 4.21. The van der Waals surface area contributed by atoms with E-state index in [2.05, 4.69) is 12.2 Å². The first-order valence-electron chi connectivity index (χ1n) is 7.24. The van der Waals surface area contributed by atoms with Gasteiger partial charge in [0.05, 0.1) is 10.6 Å². The van der Waals surface area contributed by atoms with E-state index in [1.165, 1.54) is 12.5 Å². The molecule has 1 aliphatic rings. The Bertz CT molecular complexity index is 545. The summed E-state index contributed by atoms with van der Waals surface area (Å²) in [5.74, 6) is 0.684. The van der Waals surface area contributed by atoms with Crippen molar-refractivity contribution in [3.8, 4) is 0 Å². The van der Waals surface area contributed by atoms with Gasteiger partial charge in [-0.2, -0.15) is 0 Å². The Morgan fingerprint density at radius 2 is 2.15 bits per heavy atom. The van der Waals surface area contributed by atoms with E-state index in [4.69, 9.17) is 11.6 Å². The quantitative estimate of drug-likeness (QED) is 0.876. The zero-order valence-electron chi connectivity index (χ0n) is 11.8. The molecule has 1 fully saturated rings. The molecule has 2 atom stereocenters. The Labute approximate surface area is 126 Å². The highest BCUT2D eigenvalue weighted by molar-refractivity contribution is 7.91. The maximum Gasteiger partial charge on any atom is 0.178 e. The molecular weight excluding hydrogens is 294 g/mol. The Morgan fingerprint density at radius 3 is 2.85 bits per heavy atom. The van der Waals surface area contributed by atoms with Crippen LogP contribution in [0.25, 0.3) is 0 Å². The van der Waals surface area contributed by atoms with Crippen molar-refractivity contribution in [2.24, 2.45) is 5.92 Å². The number of benzene rings is 1. The third kappa shape index (κ3) is 3.96. The van der Waals surface area contributed by atoms with Gasteiger partial charge in [0.2, 0.25) is 0 Å². The van der Waals surface area contributed by atoms with Crippen LogP contribution in [0.3, 0.4) is 0 Å². The van der Waals surface area contributed by atoms with Crippen LogP contribution < -0.4 is 5.32 Å². The minimum absolute atomic E-state index is 0.208. The largest absolute Gasteiger partial charge is 0.314 e. The SMILES string of the molecule is CCNC1CCCC1CCS(=O)(=O)c1cccc(Cl)c1. The number of halogens is 1. The first-order valence-corrected chi connectivity index (χ1v) is 9.27. The van der Waals surface area contributed by atoms with Crippen LogP contribution in [0.4, 0.5) is 0 Å². The average molecular weight is 316 g/mol. The molecule has 2 rings (SSSR count). The summed E-state index contributed by atoms with van der Waals surface area (Å²) in [5, 5.41) is 3.93. The van der Waals surface area contributed by atoms with Gasteiger partial charge in [0.15, 0.2) is 9.84 Å². The fourth-order valence-electron chi connectivity index (χ4n) is 3.00. The van der Waals surface area contributed by atoms with Crippen LogP contribution in [-0.2, 0) is 9.84 Å². The number of sulfone groups is 1. The van der Waals surface area contributed by atoms with Gasteiger partial charge in [-0.1, -0.05) is 31.0 Å². The standard InChI is InChI=1S/C15H22ClNO2S/c1-2-17-15-8-3-5-12(15)9-10-20(18,19)14-7-4-6-13(16)11-14/h4,6-7,11-12,15,17H,2-3,5,8-10H2,1H3. The molecule has 1 saturated carbocycles. The lowest BCUT2D eigenvalue weighted by atomic mass is 10.0. The lowest BCUT2D eigenvalue weighted by Gasteiger charge is -2.20. The van der Waals surface area contributed by atoms with E-state index in [-0.39, 0.29) is 5.75 Å². The van der Waals surface area contributed by atoms with Crippen LogP contribution in [0.5, 0.6) is 0 Å². The molecule has 0 saturated heterocycles. The van der Waals surface area contributed by atoms with Crippen LogP contribution in [0.2, 0.25) is 5.02 Å². The number of hydrogen-bond acceptors (Lipinski definition) is 3. The molecule has 0 radical (unpaired) electrons. The summed E-state index contributed by atoms with van der Waals surface area (Å²) in [6.45, 7) is 3.04. The van der Waals surface area contributed by atoms with E-state index in [0.717, 1.165) is 25.8 Å². The molecule has 1 aromatic carbocycles. The summed E-state index contributed by atoms with van der Waals surface area (Å²) in [4.78, 5) is 0.336. The number of hydrogen-bond donors (Lipinski definition) is 1. The van der Waals surface area contributed by atoms with Gasteiger partial charge in [0, 0.05) is 11.1 Å². The monoisotopic (exact) mass is 315 g/mol. The predicted molar refractivity (Wildman–Crippen MR) is 82.9 cm³/mol. The maximum absolute atomic E-state index is 12.3. The van der Waals surface area contributed by atoms with Crippen LogP contribution in [-0.4, -0.2) is 26.8 Å². The van der Waals surface area contributed by atoms with Crippen LogP contribution in [0.15, 0.2) is 29.2 Å². The molecule has 20 heavy (non-hydrogen) atoms. The van der Waals surface area contributed by atoms with Crippen molar-refractivity contribution < 1.29 is 8.42 Å². The van der Waals surface area contributed by atoms with Crippen molar-refractivity contribution in [3.05, 3.63) is 29.3 Å². The van der Waals surface area contributed by atoms with Crippen molar-refractivity contribution in [3.63, 3.8) is 0 Å². The Balaban J connectivity index is 1.99. The first kappa shape index (κ1) is 15.8. The molecule has 0 bridgehead atoms. The molecular formula is C15H22ClNO2S. The van der Waals surface area contributed by atoms with Crippen molar-refractivity contribution in [2.45, 2.75) is 43.5 Å². The summed E-state index contributed by atoms with van der Waals surface area (Å²) in [5.41, 5.74) is 0. The van der Waals surface area contributed by atoms with Crippen LogP contribution in [0, 0.1) is 5.92 Å². The zero-order valence-corrected chi connectivity index (χ0v) is 13.4. The number of rotatable bonds is 6. The minimum atomic E-state index is -3.22. The lowest BCUT2D eigenvalue weighted by molar-refractivity contribution is 0.398. The molecule has 0 spiro atoms. The highest BCUT2D eigenvalue weighted by atomic mass is 35.5. The van der Waals surface area contributed by atoms with Gasteiger partial charge in [0.1, 0.15) is 0 Å². The zero-order chi connectivity index (χ0) is 14.6. The van der Waals surface area contributed by atoms with Gasteiger partial charge < -0.3 is 5.32 Å². The van der Waals surface area contributed by atoms with Gasteiger partial charge in [-0.25, -0.2) is 8.42 Å². The van der Waals surface area contributed by atoms with E-state index in [1.54, 1.807) is 18.2 Å². The summed E-state index contributed by atoms with van der Waals surface area (Å²) in [6, 6.07) is 7.02. The van der Waals surface area contributed by atoms with E-state index in [1.807, 2.05) is 0 Å². The Hall–Kier alpha value is -0.580. The summed E-state index contributed by atoms with van der Waals surface area (Å²) < 4.78 is 24.7. The van der Waals surface area contributed by atoms with E-state index in [0.29, 0.717) is 21.9 Å². The van der Waals surface area contributed by atoms with E-state index < -0.39 is 9.84 Å². The fourth-order valence-corrected chi connectivity index (χ4v) is 4.69. The van der Waals surface area contributed by atoms with Gasteiger partial charge >= 0.3 is 0 Å². The third-order valence-electron chi connectivity index (χ3n) is 4.04. The minimum Gasteiger partial charge on any atom is -0.314 e. The van der Waals surface area contributed by atoms with Gasteiger partial charge in [-0.05, 0) is 49.9 Å². The molecule has 1 aliphatic carbocycles. The molecule has 0 heterocycles. The molecule has 2 unspecified atom stereocenters. The number of nitrogens with one attached hydrogen (secondary N) is 1. The summed E-state index contributed by atoms with van der Waals surface area (Å²) in [7, 11) is -3.22. The van der Waals surface area contributed by atoms with Crippen molar-refractivity contribution in [2.75, 3.05) is 12.3 Å². The molecule has 3 nitrogen and oxygen atoms in total. The average Bonchev–Trinajstić information content (AvgIpc) is 2.84. The molecule has 0 aromatic heterocycles. The molecule has 112 valence electrons. The second-order valence-corrected chi connectivity index (χ2v) is 7.97. The van der Waals surface area contributed by atoms with Crippen LogP contribution in [0.1, 0.15) is 32.6 Å². The van der Waals surface area contributed by atoms with E-state index >= 15 is 0 Å². The third-order valence-corrected chi connectivity index (χ3v) is 6.02. The van der Waals surface area contributed by atoms with Crippen LogP contribution >= 0.6 is 11.6 Å². The molecule has 5 heteroatoms. The van der Waals surface area contributed by atoms with Gasteiger partial charge in [-0.3, -0.25) is 0 Å². The molecule has 1 N–H and O–H groups in total. The second kappa shape index (κ2) is 6.92. The molecule has 0 amide bonds. The first-order chi connectivity index (χ1) is 9.53. The normalized spacial score (nSPS) is 23.1. The van der Waals surface area contributed by atoms with Gasteiger partial charge in [0.25, 0.3) is 0 Å². The maximum atomic E-state index is 12.3. The van der Waals surface area contributed by atoms with Crippen molar-refractivity contribution in [1.29, 1.82) is 0 Å². The molecule has 1 aromatic rings. The van der Waals surface area contributed by atoms with Crippen molar-refractivity contribution in [1.82, 2.24) is 5.32 Å². The van der Waals surface area contributed by atoms with Gasteiger partial charge in [-0.15, -0.1) is 0 Å². The lowest BCUT2D eigenvalue weighted by Crippen LogP contribution is -2.33. The fraction of sp³-hybridized carbons (Fsp3) is 0.600. The van der Waals surface area contributed by atoms with E-state index in [9.17, 15) is 8.42 Å². The highest BCUT2D eigenvalue weighted by Crippen LogP contribution is 2.29. The van der Waals surface area contributed by atoms with Crippen molar-refractivity contribution >= 4 is 21.4 Å². The molecule has 0 aliphatic heterocycles. The Morgan fingerprint density at radius 1 is 1.35 bits per heavy atom.